The van der Waals surface area contributed by atoms with Crippen molar-refractivity contribution in [3.05, 3.63) is 106 Å². The normalized spacial score (nSPS) is 16.3. The summed E-state index contributed by atoms with van der Waals surface area (Å²) in [6.07, 6.45) is 0.520. The molecule has 8 nitrogen and oxygen atoms in total. The molecule has 1 aliphatic rings. The molecule has 0 radical (unpaired) electrons. The molecule has 2 atom stereocenters. The fourth-order valence-corrected chi connectivity index (χ4v) is 5.83. The number of hydrogen-bond donors (Lipinski definition) is 3. The van der Waals surface area contributed by atoms with Crippen LogP contribution in [-0.4, -0.2) is 48.1 Å². The summed E-state index contributed by atoms with van der Waals surface area (Å²) in [5, 5.41) is 17.5. The van der Waals surface area contributed by atoms with Gasteiger partial charge in [-0.1, -0.05) is 41.4 Å². The second-order valence-corrected chi connectivity index (χ2v) is 11.1. The third-order valence-corrected chi connectivity index (χ3v) is 7.83. The molecule has 0 saturated carbocycles. The highest BCUT2D eigenvalue weighted by Gasteiger charge is 2.37. The zero-order chi connectivity index (χ0) is 29.8. The summed E-state index contributed by atoms with van der Waals surface area (Å²) in [5.41, 5.74) is 2.87. The number of methoxy groups -OCH3 is 1. The highest BCUT2D eigenvalue weighted by atomic mass is 35.5. The van der Waals surface area contributed by atoms with E-state index in [4.69, 9.17) is 33.0 Å². The number of likely N-dealkylation sites (tertiary alicyclic amines) is 1. The number of carbonyl (C=O) groups is 3. The monoisotopic (exact) mass is 605 g/mol. The Morgan fingerprint density at radius 1 is 0.905 bits per heavy atom. The minimum absolute atomic E-state index is 0.0142. The van der Waals surface area contributed by atoms with E-state index in [-0.39, 0.29) is 36.9 Å². The molecule has 0 spiro atoms. The molecule has 0 unspecified atom stereocenters. The first-order chi connectivity index (χ1) is 20.2. The van der Waals surface area contributed by atoms with Crippen LogP contribution in [0.2, 0.25) is 10.0 Å². The molecule has 0 aliphatic carbocycles. The molecule has 3 amide bonds. The molecule has 216 valence electrons. The van der Waals surface area contributed by atoms with E-state index < -0.39 is 5.97 Å². The van der Waals surface area contributed by atoms with Crippen LogP contribution in [0.25, 0.3) is 10.8 Å². The number of carboxylic acids is 1. The van der Waals surface area contributed by atoms with E-state index in [1.54, 1.807) is 37.4 Å². The number of fused-ring (bicyclic) bond motifs is 1. The van der Waals surface area contributed by atoms with Crippen molar-refractivity contribution < 1.29 is 24.2 Å². The SMILES string of the molecule is COc1ccc2cc([C@H]3C[C@@H](c4cc(Cl)cc(Cl)c4)CN3C(=O)Nc3ccc(C(=O)NCCC(=O)O)cc3)ccc2c1. The lowest BCUT2D eigenvalue weighted by molar-refractivity contribution is -0.136. The van der Waals surface area contributed by atoms with Gasteiger partial charge in [0.1, 0.15) is 5.75 Å². The summed E-state index contributed by atoms with van der Waals surface area (Å²) < 4.78 is 5.36. The standard InChI is InChI=1S/C32H29Cl2N3O5/c1-42-28-9-6-20-12-22(3-2-21(20)15-28)29-16-24(23-13-25(33)17-26(34)14-23)18-37(29)32(41)36-27-7-4-19(5-8-27)31(40)35-11-10-30(38)39/h2-9,12-15,17,24,29H,10-11,16,18H2,1H3,(H,35,40)(H,36,41)(H,38,39)/t24-,29-/m1/s1. The predicted octanol–water partition coefficient (Wildman–Crippen LogP) is 7.12. The molecule has 0 bridgehead atoms. The fourth-order valence-electron chi connectivity index (χ4n) is 5.29. The molecule has 1 saturated heterocycles. The zero-order valence-corrected chi connectivity index (χ0v) is 24.3. The number of amides is 3. The van der Waals surface area contributed by atoms with Crippen molar-refractivity contribution in [2.75, 3.05) is 25.5 Å². The number of nitrogens with one attached hydrogen (secondary N) is 2. The van der Waals surface area contributed by atoms with E-state index in [9.17, 15) is 14.4 Å². The highest BCUT2D eigenvalue weighted by Crippen LogP contribution is 2.42. The summed E-state index contributed by atoms with van der Waals surface area (Å²) in [6, 6.07) is 23.5. The lowest BCUT2D eigenvalue weighted by Crippen LogP contribution is -2.35. The van der Waals surface area contributed by atoms with Crippen molar-refractivity contribution in [1.29, 1.82) is 0 Å². The number of halogens is 2. The topological polar surface area (TPSA) is 108 Å². The van der Waals surface area contributed by atoms with Crippen LogP contribution in [0, 0.1) is 0 Å². The average molecular weight is 607 g/mol. The van der Waals surface area contributed by atoms with Crippen LogP contribution in [0.5, 0.6) is 5.75 Å². The summed E-state index contributed by atoms with van der Waals surface area (Å²) in [4.78, 5) is 38.5. The molecule has 5 rings (SSSR count). The maximum absolute atomic E-state index is 13.7. The van der Waals surface area contributed by atoms with Gasteiger partial charge < -0.3 is 25.4 Å². The molecule has 1 fully saturated rings. The molecule has 4 aromatic carbocycles. The van der Waals surface area contributed by atoms with Crippen molar-refractivity contribution in [3.8, 4) is 5.75 Å². The average Bonchev–Trinajstić information content (AvgIpc) is 3.42. The number of rotatable bonds is 8. The number of hydrogen-bond acceptors (Lipinski definition) is 4. The molecule has 4 aromatic rings. The third kappa shape index (κ3) is 6.78. The molecule has 0 aromatic heterocycles. The van der Waals surface area contributed by atoms with Crippen LogP contribution in [0.3, 0.4) is 0 Å². The smallest absolute Gasteiger partial charge is 0.322 e. The van der Waals surface area contributed by atoms with Gasteiger partial charge in [-0.2, -0.15) is 0 Å². The Morgan fingerprint density at radius 2 is 1.60 bits per heavy atom. The van der Waals surface area contributed by atoms with Gasteiger partial charge in [0, 0.05) is 40.3 Å². The Hall–Kier alpha value is -4.27. The van der Waals surface area contributed by atoms with Crippen LogP contribution in [0.4, 0.5) is 10.5 Å². The van der Waals surface area contributed by atoms with Gasteiger partial charge in [0.15, 0.2) is 0 Å². The van der Waals surface area contributed by atoms with Crippen LogP contribution >= 0.6 is 23.2 Å². The fraction of sp³-hybridized carbons (Fsp3) is 0.219. The number of carbonyl (C=O) groups excluding carboxylic acids is 2. The summed E-state index contributed by atoms with van der Waals surface area (Å²) in [6.45, 7) is 0.488. The maximum atomic E-state index is 13.7. The zero-order valence-electron chi connectivity index (χ0n) is 22.8. The van der Waals surface area contributed by atoms with E-state index in [1.807, 2.05) is 47.4 Å². The van der Waals surface area contributed by atoms with Gasteiger partial charge in [0.25, 0.3) is 5.91 Å². The molecule has 1 heterocycles. The molecule has 10 heteroatoms. The van der Waals surface area contributed by atoms with Crippen molar-refractivity contribution >= 4 is 57.6 Å². The number of urea groups is 1. The Bertz CT molecular complexity index is 1620. The summed E-state index contributed by atoms with van der Waals surface area (Å²) >= 11 is 12.6. The molecule has 3 N–H and O–H groups in total. The molecule has 42 heavy (non-hydrogen) atoms. The Balaban J connectivity index is 1.38. The van der Waals surface area contributed by atoms with Gasteiger partial charge in [-0.05, 0) is 89.0 Å². The first-order valence-electron chi connectivity index (χ1n) is 13.4. The maximum Gasteiger partial charge on any atom is 0.322 e. The minimum atomic E-state index is -0.988. The number of carboxylic acid groups (broad SMARTS) is 1. The first kappa shape index (κ1) is 29.2. The van der Waals surface area contributed by atoms with Crippen LogP contribution < -0.4 is 15.4 Å². The van der Waals surface area contributed by atoms with Gasteiger partial charge >= 0.3 is 12.0 Å². The van der Waals surface area contributed by atoms with E-state index >= 15 is 0 Å². The number of aliphatic carboxylic acids is 1. The predicted molar refractivity (Wildman–Crippen MR) is 164 cm³/mol. The number of benzene rings is 4. The number of nitrogens with zero attached hydrogens (tertiary/aromatic N) is 1. The van der Waals surface area contributed by atoms with E-state index in [1.165, 1.54) is 0 Å². The summed E-state index contributed by atoms with van der Waals surface area (Å²) in [5.74, 6) is -0.581. The van der Waals surface area contributed by atoms with Crippen LogP contribution in [-0.2, 0) is 4.79 Å². The second kappa shape index (κ2) is 12.7. The highest BCUT2D eigenvalue weighted by molar-refractivity contribution is 6.34. The van der Waals surface area contributed by atoms with Gasteiger partial charge in [0.2, 0.25) is 0 Å². The van der Waals surface area contributed by atoms with E-state index in [0.717, 1.165) is 27.6 Å². The van der Waals surface area contributed by atoms with Crippen molar-refractivity contribution in [1.82, 2.24) is 10.2 Å². The number of anilines is 1. The van der Waals surface area contributed by atoms with Gasteiger partial charge in [-0.3, -0.25) is 9.59 Å². The van der Waals surface area contributed by atoms with Gasteiger partial charge in [0.05, 0.1) is 19.6 Å². The Labute approximate surface area is 253 Å². The lowest BCUT2D eigenvalue weighted by atomic mass is 9.93. The molecule has 1 aliphatic heterocycles. The van der Waals surface area contributed by atoms with E-state index in [0.29, 0.717) is 34.3 Å². The van der Waals surface area contributed by atoms with Crippen molar-refractivity contribution in [3.63, 3.8) is 0 Å². The minimum Gasteiger partial charge on any atom is -0.497 e. The van der Waals surface area contributed by atoms with Gasteiger partial charge in [-0.25, -0.2) is 4.79 Å². The molecular weight excluding hydrogens is 577 g/mol. The second-order valence-electron chi connectivity index (χ2n) is 10.2. The first-order valence-corrected chi connectivity index (χ1v) is 14.2. The molecular formula is C32H29Cl2N3O5. The van der Waals surface area contributed by atoms with Crippen LogP contribution in [0.15, 0.2) is 78.9 Å². The lowest BCUT2D eigenvalue weighted by Gasteiger charge is -2.25. The van der Waals surface area contributed by atoms with E-state index in [2.05, 4.69) is 16.7 Å². The Morgan fingerprint density at radius 3 is 2.29 bits per heavy atom. The Kier molecular flexibility index (Phi) is 8.85. The van der Waals surface area contributed by atoms with Crippen LogP contribution in [0.1, 0.15) is 46.3 Å². The third-order valence-electron chi connectivity index (χ3n) is 7.40. The summed E-state index contributed by atoms with van der Waals surface area (Å²) in [7, 11) is 1.64. The van der Waals surface area contributed by atoms with Crippen molar-refractivity contribution in [2.45, 2.75) is 24.8 Å². The van der Waals surface area contributed by atoms with Gasteiger partial charge in [-0.15, -0.1) is 0 Å². The number of ether oxygens (including phenoxy) is 1. The largest absolute Gasteiger partial charge is 0.497 e. The van der Waals surface area contributed by atoms with Crippen molar-refractivity contribution in [2.24, 2.45) is 0 Å². The quantitative estimate of drug-likeness (QED) is 0.198.